The van der Waals surface area contributed by atoms with Crippen molar-refractivity contribution in [3.8, 4) is 11.3 Å². The van der Waals surface area contributed by atoms with E-state index >= 15 is 0 Å². The van der Waals surface area contributed by atoms with Crippen LogP contribution in [0.4, 0.5) is 5.00 Å². The van der Waals surface area contributed by atoms with Crippen molar-refractivity contribution in [3.63, 3.8) is 0 Å². The predicted octanol–water partition coefficient (Wildman–Crippen LogP) is 5.73. The maximum Gasteiger partial charge on any atom is 0.256 e. The molecule has 2 amide bonds. The Morgan fingerprint density at radius 2 is 1.75 bits per heavy atom. The fraction of sp³-hybridized carbons (Fsp3) is 0.320. The molecule has 1 aromatic heterocycles. The Morgan fingerprint density at radius 3 is 2.38 bits per heavy atom. The van der Waals surface area contributed by atoms with E-state index in [0.29, 0.717) is 22.4 Å². The van der Waals surface area contributed by atoms with Crippen LogP contribution in [0.15, 0.2) is 58.9 Å². The molecule has 0 unspecified atom stereocenters. The van der Waals surface area contributed by atoms with Crippen molar-refractivity contribution >= 4 is 39.9 Å². The van der Waals surface area contributed by atoms with Gasteiger partial charge in [-0.25, -0.2) is 4.98 Å². The number of benzene rings is 2. The number of amides is 2. The van der Waals surface area contributed by atoms with Crippen molar-refractivity contribution < 1.29 is 9.59 Å². The van der Waals surface area contributed by atoms with Crippen LogP contribution in [-0.2, 0) is 10.2 Å². The van der Waals surface area contributed by atoms with Crippen molar-refractivity contribution in [2.24, 2.45) is 0 Å². The SMILES string of the molecule is CC(C)(C)c1ccc(C(=O)Nc2sc(SCC(=O)NC3CC3)nc2-c2ccccc2)cc1. The third-order valence-corrected chi connectivity index (χ3v) is 7.28. The van der Waals surface area contributed by atoms with Gasteiger partial charge in [0.1, 0.15) is 10.7 Å². The van der Waals surface area contributed by atoms with Crippen LogP contribution >= 0.6 is 23.1 Å². The van der Waals surface area contributed by atoms with Crippen LogP contribution in [0.3, 0.4) is 0 Å². The van der Waals surface area contributed by atoms with Crippen LogP contribution in [-0.4, -0.2) is 28.6 Å². The topological polar surface area (TPSA) is 71.1 Å². The first-order chi connectivity index (χ1) is 15.3. The lowest BCUT2D eigenvalue weighted by molar-refractivity contribution is -0.118. The summed E-state index contributed by atoms with van der Waals surface area (Å²) in [5.74, 6) is 0.174. The number of nitrogens with zero attached hydrogens (tertiary/aromatic N) is 1. The van der Waals surface area contributed by atoms with Gasteiger partial charge in [-0.05, 0) is 36.0 Å². The minimum atomic E-state index is -0.172. The van der Waals surface area contributed by atoms with E-state index in [0.717, 1.165) is 28.4 Å². The van der Waals surface area contributed by atoms with Crippen molar-refractivity contribution in [2.75, 3.05) is 11.1 Å². The highest BCUT2D eigenvalue weighted by Crippen LogP contribution is 2.38. The van der Waals surface area contributed by atoms with Gasteiger partial charge in [0.2, 0.25) is 5.91 Å². The lowest BCUT2D eigenvalue weighted by Gasteiger charge is -2.19. The van der Waals surface area contributed by atoms with Gasteiger partial charge in [-0.15, -0.1) is 0 Å². The molecule has 1 heterocycles. The predicted molar refractivity (Wildman–Crippen MR) is 133 cm³/mol. The van der Waals surface area contributed by atoms with E-state index in [1.54, 1.807) is 0 Å². The number of thiazole rings is 1. The molecule has 0 atom stereocenters. The highest BCUT2D eigenvalue weighted by molar-refractivity contribution is 8.01. The first-order valence-corrected chi connectivity index (χ1v) is 12.5. The maximum absolute atomic E-state index is 13.0. The average molecular weight is 466 g/mol. The summed E-state index contributed by atoms with van der Waals surface area (Å²) >= 11 is 2.80. The molecule has 4 rings (SSSR count). The molecule has 0 spiro atoms. The average Bonchev–Trinajstić information content (AvgIpc) is 3.50. The lowest BCUT2D eigenvalue weighted by Crippen LogP contribution is -2.26. The van der Waals surface area contributed by atoms with Gasteiger partial charge in [0.05, 0.1) is 5.75 Å². The van der Waals surface area contributed by atoms with Crippen molar-refractivity contribution in [3.05, 3.63) is 65.7 Å². The van der Waals surface area contributed by atoms with Gasteiger partial charge in [-0.2, -0.15) is 0 Å². The van der Waals surface area contributed by atoms with E-state index in [2.05, 4.69) is 31.4 Å². The summed E-state index contributed by atoms with van der Waals surface area (Å²) in [6.07, 6.45) is 2.14. The molecule has 32 heavy (non-hydrogen) atoms. The Kier molecular flexibility index (Phi) is 6.67. The molecule has 0 saturated heterocycles. The number of thioether (sulfide) groups is 1. The fourth-order valence-electron chi connectivity index (χ4n) is 3.16. The van der Waals surface area contributed by atoms with E-state index in [9.17, 15) is 9.59 Å². The Balaban J connectivity index is 1.52. The lowest BCUT2D eigenvalue weighted by atomic mass is 9.87. The van der Waals surface area contributed by atoms with Crippen LogP contribution in [0.2, 0.25) is 0 Å². The molecular weight excluding hydrogens is 438 g/mol. The molecule has 0 bridgehead atoms. The number of hydrogen-bond donors (Lipinski definition) is 2. The summed E-state index contributed by atoms with van der Waals surface area (Å²) in [5, 5.41) is 6.72. The van der Waals surface area contributed by atoms with Crippen LogP contribution in [0.25, 0.3) is 11.3 Å². The minimum absolute atomic E-state index is 0.0264. The second kappa shape index (κ2) is 9.46. The summed E-state index contributed by atoms with van der Waals surface area (Å²) in [5.41, 5.74) is 3.46. The number of carbonyl (C=O) groups excluding carboxylic acids is 2. The second-order valence-corrected chi connectivity index (χ2v) is 11.2. The summed E-state index contributed by atoms with van der Waals surface area (Å²) in [6, 6.07) is 17.8. The van der Waals surface area contributed by atoms with Crippen molar-refractivity contribution in [1.82, 2.24) is 10.3 Å². The van der Waals surface area contributed by atoms with Gasteiger partial charge in [0, 0.05) is 17.2 Å². The first kappa shape index (κ1) is 22.6. The summed E-state index contributed by atoms with van der Waals surface area (Å²) in [6.45, 7) is 6.45. The summed E-state index contributed by atoms with van der Waals surface area (Å²) < 4.78 is 0.758. The number of rotatable bonds is 7. The molecule has 0 radical (unpaired) electrons. The van der Waals surface area contributed by atoms with Crippen LogP contribution < -0.4 is 10.6 Å². The standard InChI is InChI=1S/C25H27N3O2S2/c1-25(2,3)18-11-9-17(10-12-18)22(30)28-23-21(16-7-5-4-6-8-16)27-24(32-23)31-15-20(29)26-19-13-14-19/h4-12,19H,13-15H2,1-3H3,(H,26,29)(H,28,30). The van der Waals surface area contributed by atoms with Crippen molar-refractivity contribution in [2.45, 2.75) is 49.4 Å². The van der Waals surface area contributed by atoms with Gasteiger partial charge in [-0.3, -0.25) is 9.59 Å². The molecule has 1 aliphatic rings. The van der Waals surface area contributed by atoms with Crippen molar-refractivity contribution in [1.29, 1.82) is 0 Å². The number of anilines is 1. The zero-order chi connectivity index (χ0) is 22.7. The normalized spacial score (nSPS) is 13.6. The molecule has 5 nitrogen and oxygen atoms in total. The van der Waals surface area contributed by atoms with E-state index in [1.165, 1.54) is 28.7 Å². The van der Waals surface area contributed by atoms with E-state index in [-0.39, 0.29) is 17.2 Å². The summed E-state index contributed by atoms with van der Waals surface area (Å²) in [7, 11) is 0. The molecular formula is C25H27N3O2S2. The van der Waals surface area contributed by atoms with Crippen LogP contribution in [0, 0.1) is 0 Å². The van der Waals surface area contributed by atoms with Gasteiger partial charge < -0.3 is 10.6 Å². The molecule has 3 aromatic rings. The van der Waals surface area contributed by atoms with Gasteiger partial charge in [0.15, 0.2) is 4.34 Å². The van der Waals surface area contributed by atoms with Gasteiger partial charge >= 0.3 is 0 Å². The van der Waals surface area contributed by atoms with Crippen LogP contribution in [0.1, 0.15) is 49.5 Å². The third kappa shape index (κ3) is 5.78. The maximum atomic E-state index is 13.0. The van der Waals surface area contributed by atoms with Gasteiger partial charge in [0.25, 0.3) is 5.91 Å². The fourth-order valence-corrected chi connectivity index (χ4v) is 5.03. The van der Waals surface area contributed by atoms with Gasteiger partial charge in [-0.1, -0.05) is 86.3 Å². The Labute approximate surface area is 197 Å². The number of aromatic nitrogens is 1. The highest BCUT2D eigenvalue weighted by Gasteiger charge is 2.24. The number of carbonyl (C=O) groups is 2. The molecule has 1 aliphatic carbocycles. The van der Waals surface area contributed by atoms with Crippen LogP contribution in [0.5, 0.6) is 0 Å². The largest absolute Gasteiger partial charge is 0.353 e. The molecule has 1 saturated carbocycles. The Bertz CT molecular complexity index is 1100. The minimum Gasteiger partial charge on any atom is -0.353 e. The molecule has 166 valence electrons. The Hall–Kier alpha value is -2.64. The molecule has 7 heteroatoms. The zero-order valence-electron chi connectivity index (χ0n) is 18.5. The molecule has 1 fully saturated rings. The first-order valence-electron chi connectivity index (χ1n) is 10.7. The monoisotopic (exact) mass is 465 g/mol. The van der Waals surface area contributed by atoms with E-state index in [4.69, 9.17) is 4.98 Å². The number of hydrogen-bond acceptors (Lipinski definition) is 5. The smallest absolute Gasteiger partial charge is 0.256 e. The number of nitrogens with one attached hydrogen (secondary N) is 2. The third-order valence-electron chi connectivity index (χ3n) is 5.16. The van der Waals surface area contributed by atoms with E-state index < -0.39 is 0 Å². The molecule has 2 aromatic carbocycles. The molecule has 0 aliphatic heterocycles. The molecule has 2 N–H and O–H groups in total. The zero-order valence-corrected chi connectivity index (χ0v) is 20.1. The van der Waals surface area contributed by atoms with E-state index in [1.807, 2.05) is 54.6 Å². The summed E-state index contributed by atoms with van der Waals surface area (Å²) in [4.78, 5) is 29.8. The second-order valence-electron chi connectivity index (χ2n) is 8.94. The quantitative estimate of drug-likeness (QED) is 0.437. The highest BCUT2D eigenvalue weighted by atomic mass is 32.2. The Morgan fingerprint density at radius 1 is 1.06 bits per heavy atom.